The summed E-state index contributed by atoms with van der Waals surface area (Å²) in [7, 11) is 0. The molecule has 11 aromatic rings. The molecule has 0 aliphatic rings. The van der Waals surface area contributed by atoms with Crippen molar-refractivity contribution in [3.63, 3.8) is 0 Å². The van der Waals surface area contributed by atoms with Gasteiger partial charge in [0.2, 0.25) is 0 Å². The normalized spacial score (nSPS) is 11.6. The summed E-state index contributed by atoms with van der Waals surface area (Å²) in [6.07, 6.45) is 0. The lowest BCUT2D eigenvalue weighted by Gasteiger charge is -2.13. The molecule has 0 unspecified atom stereocenters. The summed E-state index contributed by atoms with van der Waals surface area (Å²) in [5.74, 6) is 1.90. The lowest BCUT2D eigenvalue weighted by Crippen LogP contribution is -2.01. The Hall–Kier alpha value is -7.63. The van der Waals surface area contributed by atoms with E-state index in [2.05, 4.69) is 167 Å². The van der Waals surface area contributed by atoms with E-state index in [1.165, 1.54) is 32.6 Å². The Kier molecular flexibility index (Phi) is 7.42. The predicted molar refractivity (Wildman–Crippen MR) is 230 cm³/mol. The van der Waals surface area contributed by atoms with Gasteiger partial charge in [-0.3, -0.25) is 0 Å². The second-order valence-electron chi connectivity index (χ2n) is 14.1. The first-order valence-corrected chi connectivity index (χ1v) is 18.9. The van der Waals surface area contributed by atoms with Gasteiger partial charge < -0.3 is 9.13 Å². The molecule has 0 saturated heterocycles. The average Bonchev–Trinajstić information content (AvgIpc) is 3.79. The van der Waals surface area contributed by atoms with Gasteiger partial charge in [-0.2, -0.15) is 0 Å². The van der Waals surface area contributed by atoms with Crippen molar-refractivity contribution < 1.29 is 0 Å². The van der Waals surface area contributed by atoms with Crippen LogP contribution < -0.4 is 0 Å². The molecule has 0 aliphatic heterocycles. The SMILES string of the molecule is c1ccc(-c2nc(-c3ccc(-n4c5ccccc5c5cc(-n6c7ccccc7c7ccccc76)ccc54)cc3)nc(-c3ccccc3-c3ccccc3)n2)cc1. The van der Waals surface area contributed by atoms with Crippen LogP contribution in [-0.2, 0) is 0 Å². The number of rotatable bonds is 6. The summed E-state index contributed by atoms with van der Waals surface area (Å²) in [6.45, 7) is 0. The van der Waals surface area contributed by atoms with Gasteiger partial charge in [-0.05, 0) is 71.8 Å². The Morgan fingerprint density at radius 3 is 1.29 bits per heavy atom. The minimum Gasteiger partial charge on any atom is -0.309 e. The number of hydrogen-bond acceptors (Lipinski definition) is 3. The van der Waals surface area contributed by atoms with Crippen molar-refractivity contribution in [2.75, 3.05) is 0 Å². The number of fused-ring (bicyclic) bond motifs is 6. The largest absolute Gasteiger partial charge is 0.309 e. The fourth-order valence-corrected chi connectivity index (χ4v) is 8.23. The molecule has 0 N–H and O–H groups in total. The molecule has 0 atom stereocenters. The summed E-state index contributed by atoms with van der Waals surface area (Å²) < 4.78 is 4.74. The van der Waals surface area contributed by atoms with Crippen LogP contribution in [0.4, 0.5) is 0 Å². The number of para-hydroxylation sites is 3. The van der Waals surface area contributed by atoms with Gasteiger partial charge in [-0.25, -0.2) is 15.0 Å². The van der Waals surface area contributed by atoms with Gasteiger partial charge in [0.15, 0.2) is 17.5 Å². The number of nitrogens with zero attached hydrogens (tertiary/aromatic N) is 5. The van der Waals surface area contributed by atoms with Gasteiger partial charge in [-0.15, -0.1) is 0 Å². The minimum absolute atomic E-state index is 0.626. The van der Waals surface area contributed by atoms with Crippen LogP contribution in [0.1, 0.15) is 0 Å². The van der Waals surface area contributed by atoms with Crippen LogP contribution >= 0.6 is 0 Å². The Balaban J connectivity index is 1.04. The first-order chi connectivity index (χ1) is 27.8. The minimum atomic E-state index is 0.626. The van der Waals surface area contributed by atoms with Crippen molar-refractivity contribution >= 4 is 43.6 Å². The maximum Gasteiger partial charge on any atom is 0.164 e. The second-order valence-corrected chi connectivity index (χ2v) is 14.1. The fourth-order valence-electron chi connectivity index (χ4n) is 8.23. The molecule has 3 heterocycles. The molecule has 5 nitrogen and oxygen atoms in total. The van der Waals surface area contributed by atoms with E-state index in [4.69, 9.17) is 15.0 Å². The van der Waals surface area contributed by atoms with E-state index in [9.17, 15) is 0 Å². The van der Waals surface area contributed by atoms with Crippen LogP contribution in [0.5, 0.6) is 0 Å². The summed E-state index contributed by atoms with van der Waals surface area (Å²) >= 11 is 0. The Bertz CT molecular complexity index is 3180. The molecule has 5 heteroatoms. The molecule has 0 aliphatic carbocycles. The molecule has 0 spiro atoms. The van der Waals surface area contributed by atoms with Crippen molar-refractivity contribution in [1.29, 1.82) is 0 Å². The molecule has 262 valence electrons. The molecule has 0 bridgehead atoms. The standard InChI is InChI=1S/C51H33N5/c1-3-15-34(16-4-1)39-19-7-8-23-43(39)51-53-49(35-17-5-2-6-18-35)52-50(54-51)36-27-29-37(30-28-36)55-47-26-14-11-22-42(47)44-33-38(31-32-48(44)55)56-45-24-12-9-20-40(45)41-21-10-13-25-46(41)56/h1-33H. The molecule has 3 aromatic heterocycles. The lowest BCUT2D eigenvalue weighted by molar-refractivity contribution is 1.07. The van der Waals surface area contributed by atoms with Crippen LogP contribution in [0.25, 0.3) is 100 Å². The lowest BCUT2D eigenvalue weighted by atomic mass is 9.99. The number of hydrogen-bond donors (Lipinski definition) is 0. The highest BCUT2D eigenvalue weighted by Crippen LogP contribution is 2.38. The van der Waals surface area contributed by atoms with Crippen LogP contribution in [0.15, 0.2) is 200 Å². The van der Waals surface area contributed by atoms with Crippen LogP contribution in [0, 0.1) is 0 Å². The molecule has 56 heavy (non-hydrogen) atoms. The topological polar surface area (TPSA) is 48.5 Å². The van der Waals surface area contributed by atoms with Gasteiger partial charge in [-0.1, -0.05) is 140 Å². The summed E-state index contributed by atoms with van der Waals surface area (Å²) in [4.78, 5) is 15.2. The molecule has 0 radical (unpaired) electrons. The van der Waals surface area contributed by atoms with E-state index >= 15 is 0 Å². The highest BCUT2D eigenvalue weighted by molar-refractivity contribution is 6.12. The molecular formula is C51H33N5. The van der Waals surface area contributed by atoms with Crippen molar-refractivity contribution in [1.82, 2.24) is 24.1 Å². The maximum atomic E-state index is 5.12. The molecular weight excluding hydrogens is 683 g/mol. The van der Waals surface area contributed by atoms with Crippen LogP contribution in [-0.4, -0.2) is 24.1 Å². The molecule has 0 amide bonds. The maximum absolute atomic E-state index is 5.12. The first kappa shape index (κ1) is 31.9. The molecule has 8 aromatic carbocycles. The number of benzene rings is 8. The molecule has 11 rings (SSSR count). The fraction of sp³-hybridized carbons (Fsp3) is 0. The van der Waals surface area contributed by atoms with Gasteiger partial charge in [0.1, 0.15) is 0 Å². The van der Waals surface area contributed by atoms with Gasteiger partial charge >= 0.3 is 0 Å². The van der Waals surface area contributed by atoms with Gasteiger partial charge in [0.25, 0.3) is 0 Å². The first-order valence-electron chi connectivity index (χ1n) is 18.9. The monoisotopic (exact) mass is 715 g/mol. The highest BCUT2D eigenvalue weighted by atomic mass is 15.0. The second kappa shape index (κ2) is 13.0. The van der Waals surface area contributed by atoms with Crippen molar-refractivity contribution in [2.45, 2.75) is 0 Å². The van der Waals surface area contributed by atoms with Crippen LogP contribution in [0.3, 0.4) is 0 Å². The third-order valence-electron chi connectivity index (χ3n) is 10.8. The van der Waals surface area contributed by atoms with E-state index in [1.807, 2.05) is 42.5 Å². The van der Waals surface area contributed by atoms with E-state index in [0.717, 1.165) is 50.2 Å². The number of aromatic nitrogens is 5. The third-order valence-corrected chi connectivity index (χ3v) is 10.8. The summed E-state index contributed by atoms with van der Waals surface area (Å²) in [6, 6.07) is 70.3. The zero-order chi connectivity index (χ0) is 37.0. The third kappa shape index (κ3) is 5.21. The van der Waals surface area contributed by atoms with Gasteiger partial charge in [0, 0.05) is 49.6 Å². The van der Waals surface area contributed by atoms with Gasteiger partial charge in [0.05, 0.1) is 22.1 Å². The van der Waals surface area contributed by atoms with Crippen LogP contribution in [0.2, 0.25) is 0 Å². The van der Waals surface area contributed by atoms with E-state index in [-0.39, 0.29) is 0 Å². The van der Waals surface area contributed by atoms with Crippen molar-refractivity contribution in [3.05, 3.63) is 200 Å². The van der Waals surface area contributed by atoms with Crippen molar-refractivity contribution in [2.24, 2.45) is 0 Å². The zero-order valence-corrected chi connectivity index (χ0v) is 30.3. The quantitative estimate of drug-likeness (QED) is 0.172. The summed E-state index contributed by atoms with van der Waals surface area (Å²) in [5.41, 5.74) is 11.9. The Morgan fingerprint density at radius 2 is 0.679 bits per heavy atom. The Labute approximate surface area is 323 Å². The summed E-state index contributed by atoms with van der Waals surface area (Å²) in [5, 5.41) is 4.93. The molecule has 0 fully saturated rings. The Morgan fingerprint density at radius 1 is 0.268 bits per heavy atom. The predicted octanol–water partition coefficient (Wildman–Crippen LogP) is 12.7. The molecule has 0 saturated carbocycles. The van der Waals surface area contributed by atoms with E-state index in [0.29, 0.717) is 17.5 Å². The average molecular weight is 716 g/mol. The zero-order valence-electron chi connectivity index (χ0n) is 30.3. The smallest absolute Gasteiger partial charge is 0.164 e. The van der Waals surface area contributed by atoms with E-state index in [1.54, 1.807) is 0 Å². The van der Waals surface area contributed by atoms with Crippen molar-refractivity contribution in [3.8, 4) is 56.7 Å². The highest BCUT2D eigenvalue weighted by Gasteiger charge is 2.18. The van der Waals surface area contributed by atoms with E-state index < -0.39 is 0 Å².